The number of alkyl halides is 3. The van der Waals surface area contributed by atoms with Crippen LogP contribution in [0.4, 0.5) is 19.1 Å². The molecular weight excluding hydrogens is 257 g/mol. The van der Waals surface area contributed by atoms with Gasteiger partial charge in [0, 0.05) is 24.3 Å². The fourth-order valence-corrected chi connectivity index (χ4v) is 2.94. The topological polar surface area (TPSA) is 49.8 Å². The molecule has 3 heterocycles. The Hall–Kier alpha value is -1.37. The van der Waals surface area contributed by atoms with Crippen molar-refractivity contribution in [2.75, 3.05) is 5.32 Å². The standard InChI is InChI=1S/C12H15F3N4/c13-12(14,15)10-3-4-16-11(19-10)18-9-5-7-1-2-8(6-9)17-7/h3-4,7-9,17H,1-2,5-6H2,(H,16,18,19). The van der Waals surface area contributed by atoms with Crippen LogP contribution in [0, 0.1) is 0 Å². The normalized spacial score (nSPS) is 30.4. The van der Waals surface area contributed by atoms with E-state index in [2.05, 4.69) is 20.6 Å². The lowest BCUT2D eigenvalue weighted by atomic mass is 10.0. The van der Waals surface area contributed by atoms with Gasteiger partial charge in [-0.15, -0.1) is 0 Å². The van der Waals surface area contributed by atoms with Gasteiger partial charge in [-0.1, -0.05) is 0 Å². The van der Waals surface area contributed by atoms with Gasteiger partial charge in [0.2, 0.25) is 5.95 Å². The van der Waals surface area contributed by atoms with E-state index in [9.17, 15) is 13.2 Å². The number of halogens is 3. The van der Waals surface area contributed by atoms with E-state index in [1.807, 2.05) is 0 Å². The van der Waals surface area contributed by atoms with Crippen LogP contribution in [0.2, 0.25) is 0 Å². The minimum atomic E-state index is -4.42. The number of aromatic nitrogens is 2. The van der Waals surface area contributed by atoms with E-state index >= 15 is 0 Å². The molecule has 2 aliphatic heterocycles. The van der Waals surface area contributed by atoms with Crippen molar-refractivity contribution in [1.82, 2.24) is 15.3 Å². The highest BCUT2D eigenvalue weighted by Crippen LogP contribution is 2.30. The Labute approximate surface area is 108 Å². The van der Waals surface area contributed by atoms with Crippen LogP contribution < -0.4 is 10.6 Å². The number of rotatable bonds is 2. The maximum absolute atomic E-state index is 12.6. The van der Waals surface area contributed by atoms with Gasteiger partial charge < -0.3 is 10.6 Å². The molecule has 0 spiro atoms. The summed E-state index contributed by atoms with van der Waals surface area (Å²) >= 11 is 0. The Bertz CT molecular complexity index is 451. The SMILES string of the molecule is FC(F)(F)c1ccnc(NC2CC3CCC(C2)N3)n1. The van der Waals surface area contributed by atoms with Gasteiger partial charge in [-0.3, -0.25) is 0 Å². The predicted molar refractivity (Wildman–Crippen MR) is 63.6 cm³/mol. The summed E-state index contributed by atoms with van der Waals surface area (Å²) in [7, 11) is 0. The molecule has 104 valence electrons. The third-order valence-electron chi connectivity index (χ3n) is 3.75. The first-order valence-corrected chi connectivity index (χ1v) is 6.43. The molecule has 3 rings (SSSR count). The smallest absolute Gasteiger partial charge is 0.351 e. The second kappa shape index (κ2) is 4.63. The second-order valence-electron chi connectivity index (χ2n) is 5.21. The van der Waals surface area contributed by atoms with Crippen LogP contribution in [0.3, 0.4) is 0 Å². The molecule has 0 amide bonds. The fraction of sp³-hybridized carbons (Fsp3) is 0.667. The van der Waals surface area contributed by atoms with Gasteiger partial charge in [0.25, 0.3) is 0 Å². The molecule has 0 saturated carbocycles. The lowest BCUT2D eigenvalue weighted by molar-refractivity contribution is -0.141. The average molecular weight is 272 g/mol. The Balaban J connectivity index is 1.70. The maximum Gasteiger partial charge on any atom is 0.433 e. The van der Waals surface area contributed by atoms with Crippen molar-refractivity contribution in [2.24, 2.45) is 0 Å². The maximum atomic E-state index is 12.6. The van der Waals surface area contributed by atoms with E-state index in [4.69, 9.17) is 0 Å². The van der Waals surface area contributed by atoms with Crippen molar-refractivity contribution in [3.8, 4) is 0 Å². The highest BCUT2D eigenvalue weighted by Gasteiger charge is 2.35. The van der Waals surface area contributed by atoms with Crippen LogP contribution in [0.25, 0.3) is 0 Å². The van der Waals surface area contributed by atoms with Crippen LogP contribution in [0.5, 0.6) is 0 Å². The number of fused-ring (bicyclic) bond motifs is 2. The van der Waals surface area contributed by atoms with Crippen molar-refractivity contribution < 1.29 is 13.2 Å². The number of hydrogen-bond acceptors (Lipinski definition) is 4. The third-order valence-corrected chi connectivity index (χ3v) is 3.75. The summed E-state index contributed by atoms with van der Waals surface area (Å²) < 4.78 is 37.7. The minimum Gasteiger partial charge on any atom is -0.351 e. The summed E-state index contributed by atoms with van der Waals surface area (Å²) in [6, 6.07) is 1.99. The van der Waals surface area contributed by atoms with Crippen LogP contribution in [0.1, 0.15) is 31.4 Å². The zero-order valence-electron chi connectivity index (χ0n) is 10.2. The number of anilines is 1. The Morgan fingerprint density at radius 3 is 2.53 bits per heavy atom. The summed E-state index contributed by atoms with van der Waals surface area (Å²) in [5, 5.41) is 6.51. The number of nitrogens with one attached hydrogen (secondary N) is 2. The Kier molecular flexibility index (Phi) is 3.08. The molecular formula is C12H15F3N4. The summed E-state index contributed by atoms with van der Waals surface area (Å²) in [5.74, 6) is 0.0705. The van der Waals surface area contributed by atoms with E-state index < -0.39 is 11.9 Å². The van der Waals surface area contributed by atoms with Crippen molar-refractivity contribution in [3.05, 3.63) is 18.0 Å². The van der Waals surface area contributed by atoms with E-state index in [0.717, 1.165) is 37.9 Å². The van der Waals surface area contributed by atoms with Crippen LogP contribution in [-0.4, -0.2) is 28.1 Å². The third kappa shape index (κ3) is 2.80. The van der Waals surface area contributed by atoms with Crippen LogP contribution in [0.15, 0.2) is 12.3 Å². The Morgan fingerprint density at radius 2 is 1.89 bits per heavy atom. The first-order chi connectivity index (χ1) is 9.00. The molecule has 2 atom stereocenters. The molecule has 0 aromatic carbocycles. The summed E-state index contributed by atoms with van der Waals surface area (Å²) in [6.45, 7) is 0. The van der Waals surface area contributed by atoms with Gasteiger partial charge in [-0.2, -0.15) is 13.2 Å². The first-order valence-electron chi connectivity index (χ1n) is 6.43. The fourth-order valence-electron chi connectivity index (χ4n) is 2.94. The summed E-state index contributed by atoms with van der Waals surface area (Å²) in [6.07, 6.45) is 0.838. The number of hydrogen-bond donors (Lipinski definition) is 2. The van der Waals surface area contributed by atoms with E-state index in [1.165, 1.54) is 0 Å². The summed E-state index contributed by atoms with van der Waals surface area (Å²) in [5.41, 5.74) is -0.901. The molecule has 1 aromatic heterocycles. The molecule has 2 saturated heterocycles. The monoisotopic (exact) mass is 272 g/mol. The van der Waals surface area contributed by atoms with Gasteiger partial charge in [0.15, 0.2) is 0 Å². The van der Waals surface area contributed by atoms with Crippen LogP contribution >= 0.6 is 0 Å². The number of piperidine rings is 1. The highest BCUT2D eigenvalue weighted by molar-refractivity contribution is 5.28. The van der Waals surface area contributed by atoms with Gasteiger partial charge >= 0.3 is 6.18 Å². The molecule has 2 aliphatic rings. The van der Waals surface area contributed by atoms with E-state index in [1.54, 1.807) is 0 Å². The largest absolute Gasteiger partial charge is 0.433 e. The summed E-state index contributed by atoms with van der Waals surface area (Å²) in [4.78, 5) is 7.42. The van der Waals surface area contributed by atoms with Gasteiger partial charge in [0.05, 0.1) is 0 Å². The van der Waals surface area contributed by atoms with Crippen molar-refractivity contribution in [1.29, 1.82) is 0 Å². The molecule has 2 N–H and O–H groups in total. The van der Waals surface area contributed by atoms with Crippen LogP contribution in [-0.2, 0) is 6.18 Å². The first kappa shape index (κ1) is 12.7. The zero-order chi connectivity index (χ0) is 13.5. The molecule has 2 fully saturated rings. The quantitative estimate of drug-likeness (QED) is 0.866. The molecule has 19 heavy (non-hydrogen) atoms. The second-order valence-corrected chi connectivity index (χ2v) is 5.21. The lowest BCUT2D eigenvalue weighted by Gasteiger charge is -2.29. The predicted octanol–water partition coefficient (Wildman–Crippen LogP) is 2.19. The molecule has 0 radical (unpaired) electrons. The van der Waals surface area contributed by atoms with Gasteiger partial charge in [-0.05, 0) is 31.7 Å². The van der Waals surface area contributed by atoms with Crippen molar-refractivity contribution >= 4 is 5.95 Å². The lowest BCUT2D eigenvalue weighted by Crippen LogP contribution is -2.43. The number of nitrogens with zero attached hydrogens (tertiary/aromatic N) is 2. The molecule has 0 aliphatic carbocycles. The highest BCUT2D eigenvalue weighted by atomic mass is 19.4. The van der Waals surface area contributed by atoms with E-state index in [0.29, 0.717) is 12.1 Å². The molecule has 7 heteroatoms. The minimum absolute atomic E-state index is 0.0705. The Morgan fingerprint density at radius 1 is 1.21 bits per heavy atom. The molecule has 1 aromatic rings. The average Bonchev–Trinajstić information content (AvgIpc) is 2.68. The van der Waals surface area contributed by atoms with Gasteiger partial charge in [-0.25, -0.2) is 9.97 Å². The van der Waals surface area contributed by atoms with E-state index in [-0.39, 0.29) is 12.0 Å². The molecule has 2 unspecified atom stereocenters. The zero-order valence-corrected chi connectivity index (χ0v) is 10.2. The molecule has 4 nitrogen and oxygen atoms in total. The van der Waals surface area contributed by atoms with Gasteiger partial charge in [0.1, 0.15) is 5.69 Å². The van der Waals surface area contributed by atoms with Crippen molar-refractivity contribution in [2.45, 2.75) is 50.0 Å². The molecule has 2 bridgehead atoms. The van der Waals surface area contributed by atoms with Crippen molar-refractivity contribution in [3.63, 3.8) is 0 Å².